The van der Waals surface area contributed by atoms with Gasteiger partial charge in [-0.3, -0.25) is 5.41 Å². The maximum Gasteiger partial charge on any atom is 0.341 e. The van der Waals surface area contributed by atoms with Crippen molar-refractivity contribution < 1.29 is 27.8 Å². The van der Waals surface area contributed by atoms with Gasteiger partial charge in [0.2, 0.25) is 0 Å². The molecule has 0 bridgehead atoms. The topological polar surface area (TPSA) is 108 Å². The summed E-state index contributed by atoms with van der Waals surface area (Å²) in [4.78, 5) is 16.1. The fourth-order valence-corrected chi connectivity index (χ4v) is 3.79. The van der Waals surface area contributed by atoms with Crippen molar-refractivity contribution in [2.45, 2.75) is 6.92 Å². The molecule has 3 aromatic carbocycles. The Morgan fingerprint density at radius 2 is 1.59 bits per heavy atom. The van der Waals surface area contributed by atoms with Crippen LogP contribution in [-0.4, -0.2) is 23.9 Å². The van der Waals surface area contributed by atoms with E-state index in [1.807, 2.05) is 12.1 Å². The number of nitrogens with one attached hydrogen (secondary N) is 1. The molecule has 188 valence electrons. The van der Waals surface area contributed by atoms with Crippen LogP contribution in [0.3, 0.4) is 0 Å². The number of hydrogen-bond donors (Lipinski definition) is 2. The average Bonchev–Trinajstić information content (AvgIpc) is 2.90. The molecule has 7 nitrogen and oxygen atoms in total. The molecule has 0 unspecified atom stereocenters. The van der Waals surface area contributed by atoms with Crippen molar-refractivity contribution in [3.63, 3.8) is 0 Å². The summed E-state index contributed by atoms with van der Waals surface area (Å²) in [6, 6.07) is 18.2. The van der Waals surface area contributed by atoms with E-state index >= 15 is 0 Å². The molecule has 0 aliphatic heterocycles. The van der Waals surface area contributed by atoms with Gasteiger partial charge in [0.25, 0.3) is 11.8 Å². The molecule has 0 saturated heterocycles. The molecule has 0 radical (unpaired) electrons. The van der Waals surface area contributed by atoms with Crippen LogP contribution in [0.5, 0.6) is 23.3 Å². The molecule has 0 aliphatic rings. The summed E-state index contributed by atoms with van der Waals surface area (Å²) in [7, 11) is 1.20. The second-order valence-electron chi connectivity index (χ2n) is 7.83. The Balaban J connectivity index is 1.69. The SMILES string of the molecule is COC(=O)c1cc(Br)ccc1Oc1nc(Oc2cccc(-c3cccc(C(=N)N)c3)c2)c(F)c(C)c1F. The zero-order chi connectivity index (χ0) is 26.7. The molecule has 3 N–H and O–H groups in total. The number of hydrogen-bond acceptors (Lipinski definition) is 6. The van der Waals surface area contributed by atoms with Crippen LogP contribution in [0.1, 0.15) is 21.5 Å². The number of halogens is 3. The predicted octanol–water partition coefficient (Wildman–Crippen LogP) is 6.75. The van der Waals surface area contributed by atoms with Crippen molar-refractivity contribution in [3.05, 3.63) is 99.5 Å². The number of esters is 1. The standard InChI is InChI=1S/C27H20BrF2N3O4/c1-14-22(29)25(33-26(23(14)30)37-21-10-9-18(28)13-20(21)27(34)35-2)36-19-8-4-6-16(12-19)15-5-3-7-17(11-15)24(31)32/h3-13H,1-2H3,(H3,31,32). The van der Waals surface area contributed by atoms with E-state index in [9.17, 15) is 13.6 Å². The van der Waals surface area contributed by atoms with Gasteiger partial charge < -0.3 is 19.9 Å². The van der Waals surface area contributed by atoms with Gasteiger partial charge in [-0.15, -0.1) is 0 Å². The molecule has 10 heteroatoms. The number of ether oxygens (including phenoxy) is 3. The van der Waals surface area contributed by atoms with E-state index in [1.54, 1.807) is 42.5 Å². The molecule has 0 fully saturated rings. The highest BCUT2D eigenvalue weighted by Gasteiger charge is 2.23. The van der Waals surface area contributed by atoms with E-state index < -0.39 is 29.4 Å². The van der Waals surface area contributed by atoms with E-state index in [4.69, 9.17) is 25.4 Å². The van der Waals surface area contributed by atoms with Gasteiger partial charge in [0, 0.05) is 15.6 Å². The fraction of sp³-hybridized carbons (Fsp3) is 0.0741. The Labute approximate surface area is 219 Å². The van der Waals surface area contributed by atoms with Crippen molar-refractivity contribution in [1.29, 1.82) is 5.41 Å². The normalized spacial score (nSPS) is 10.6. The first kappa shape index (κ1) is 25.8. The Bertz CT molecular complexity index is 1530. The zero-order valence-corrected chi connectivity index (χ0v) is 21.2. The smallest absolute Gasteiger partial charge is 0.341 e. The van der Waals surface area contributed by atoms with Gasteiger partial charge >= 0.3 is 5.97 Å². The number of benzene rings is 3. The molecule has 0 aliphatic carbocycles. The predicted molar refractivity (Wildman–Crippen MR) is 137 cm³/mol. The van der Waals surface area contributed by atoms with E-state index in [1.165, 1.54) is 26.2 Å². The summed E-state index contributed by atoms with van der Waals surface area (Å²) in [6.07, 6.45) is 0. The number of aromatic nitrogens is 1. The lowest BCUT2D eigenvalue weighted by molar-refractivity contribution is 0.0597. The number of methoxy groups -OCH3 is 1. The molecule has 0 saturated carbocycles. The molecule has 1 heterocycles. The van der Waals surface area contributed by atoms with Gasteiger partial charge in [0.15, 0.2) is 11.6 Å². The number of nitrogens with two attached hydrogens (primary N) is 1. The highest BCUT2D eigenvalue weighted by molar-refractivity contribution is 9.10. The largest absolute Gasteiger partial charge is 0.465 e. The first-order valence-corrected chi connectivity index (χ1v) is 11.6. The molecule has 37 heavy (non-hydrogen) atoms. The van der Waals surface area contributed by atoms with Gasteiger partial charge in [-0.1, -0.05) is 46.3 Å². The molecule has 0 spiro atoms. The molecule has 4 rings (SSSR count). The van der Waals surface area contributed by atoms with Crippen LogP contribution in [0.2, 0.25) is 0 Å². The first-order valence-electron chi connectivity index (χ1n) is 10.8. The summed E-state index contributed by atoms with van der Waals surface area (Å²) in [5.41, 5.74) is 7.25. The van der Waals surface area contributed by atoms with Crippen LogP contribution in [0, 0.1) is 24.0 Å². The third kappa shape index (κ3) is 5.59. The van der Waals surface area contributed by atoms with Gasteiger partial charge in [0.05, 0.1) is 7.11 Å². The maximum atomic E-state index is 14.9. The van der Waals surface area contributed by atoms with E-state index in [2.05, 4.69) is 20.9 Å². The summed E-state index contributed by atoms with van der Waals surface area (Å²) in [6.45, 7) is 1.22. The summed E-state index contributed by atoms with van der Waals surface area (Å²) >= 11 is 3.26. The number of pyridine rings is 1. The number of nitrogens with zero attached hydrogens (tertiary/aromatic N) is 1. The Hall–Kier alpha value is -4.31. The minimum Gasteiger partial charge on any atom is -0.465 e. The summed E-state index contributed by atoms with van der Waals surface area (Å²) in [5, 5.41) is 7.64. The Morgan fingerprint density at radius 3 is 2.27 bits per heavy atom. The van der Waals surface area contributed by atoms with Gasteiger partial charge in [-0.05, 0) is 54.4 Å². The van der Waals surface area contributed by atoms with E-state index in [-0.39, 0.29) is 28.5 Å². The van der Waals surface area contributed by atoms with E-state index in [0.29, 0.717) is 15.6 Å². The highest BCUT2D eigenvalue weighted by Crippen LogP contribution is 2.35. The first-order chi connectivity index (χ1) is 17.7. The monoisotopic (exact) mass is 567 g/mol. The summed E-state index contributed by atoms with van der Waals surface area (Å²) < 4.78 is 46.4. The van der Waals surface area contributed by atoms with Crippen molar-refractivity contribution in [1.82, 2.24) is 4.98 Å². The molecule has 0 atom stereocenters. The quantitative estimate of drug-likeness (QED) is 0.145. The molecule has 0 amide bonds. The second kappa shape index (κ2) is 10.8. The lowest BCUT2D eigenvalue weighted by atomic mass is 10.0. The zero-order valence-electron chi connectivity index (χ0n) is 19.6. The lowest BCUT2D eigenvalue weighted by Gasteiger charge is -2.14. The third-order valence-electron chi connectivity index (χ3n) is 5.35. The average molecular weight is 568 g/mol. The minimum atomic E-state index is -1.04. The van der Waals surface area contributed by atoms with Crippen molar-refractivity contribution >= 4 is 27.7 Å². The van der Waals surface area contributed by atoms with Crippen molar-refractivity contribution in [2.24, 2.45) is 5.73 Å². The molecule has 1 aromatic heterocycles. The van der Waals surface area contributed by atoms with Gasteiger partial charge in [-0.25, -0.2) is 13.6 Å². The van der Waals surface area contributed by atoms with E-state index in [0.717, 1.165) is 5.56 Å². The minimum absolute atomic E-state index is 0.0167. The van der Waals surface area contributed by atoms with Crippen LogP contribution >= 0.6 is 15.9 Å². The van der Waals surface area contributed by atoms with Crippen molar-refractivity contribution in [2.75, 3.05) is 7.11 Å². The summed E-state index contributed by atoms with van der Waals surface area (Å²) in [5.74, 6) is -3.73. The lowest BCUT2D eigenvalue weighted by Crippen LogP contribution is -2.10. The van der Waals surface area contributed by atoms with Gasteiger partial charge in [-0.2, -0.15) is 4.98 Å². The Kier molecular flexibility index (Phi) is 7.49. The van der Waals surface area contributed by atoms with Crippen molar-refractivity contribution in [3.8, 4) is 34.4 Å². The highest BCUT2D eigenvalue weighted by atomic mass is 79.9. The van der Waals surface area contributed by atoms with Gasteiger partial charge in [0.1, 0.15) is 22.9 Å². The van der Waals surface area contributed by atoms with Crippen LogP contribution in [-0.2, 0) is 4.74 Å². The molecule has 4 aromatic rings. The van der Waals surface area contributed by atoms with Crippen LogP contribution in [0.15, 0.2) is 71.2 Å². The van der Waals surface area contributed by atoms with Crippen LogP contribution in [0.4, 0.5) is 8.78 Å². The fourth-order valence-electron chi connectivity index (χ4n) is 3.42. The number of amidine groups is 1. The van der Waals surface area contributed by atoms with Crippen LogP contribution < -0.4 is 15.2 Å². The number of rotatable bonds is 7. The number of carbonyl (C=O) groups excluding carboxylic acids is 1. The Morgan fingerprint density at radius 1 is 0.946 bits per heavy atom. The van der Waals surface area contributed by atoms with Crippen LogP contribution in [0.25, 0.3) is 11.1 Å². The molecular weight excluding hydrogens is 548 g/mol. The third-order valence-corrected chi connectivity index (χ3v) is 5.84. The number of nitrogen functional groups attached to an aromatic ring is 1. The molecular formula is C27H20BrF2N3O4. The maximum absolute atomic E-state index is 14.9. The second-order valence-corrected chi connectivity index (χ2v) is 8.75. The number of carbonyl (C=O) groups is 1.